The number of nitrogens with two attached hydrogens (primary N) is 1. The van der Waals surface area contributed by atoms with Crippen molar-refractivity contribution in [1.29, 1.82) is 0 Å². The number of benzene rings is 1. The summed E-state index contributed by atoms with van der Waals surface area (Å²) >= 11 is 0. The van der Waals surface area contributed by atoms with Crippen LogP contribution in [0.5, 0.6) is 11.5 Å². The van der Waals surface area contributed by atoms with Crippen LogP contribution in [0.2, 0.25) is 0 Å². The molecule has 1 aromatic carbocycles. The van der Waals surface area contributed by atoms with Gasteiger partial charge in [-0.05, 0) is 31.5 Å². The first-order chi connectivity index (χ1) is 11.0. The van der Waals surface area contributed by atoms with E-state index in [1.807, 2.05) is 0 Å². The Morgan fingerprint density at radius 1 is 1.52 bits per heavy atom. The number of hydrogen-bond donors (Lipinski definition) is 4. The number of phenols is 1. The molecule has 1 aromatic rings. The number of phenolic OH excluding ortho intramolecular Hbond substituents is 1. The predicted molar refractivity (Wildman–Crippen MR) is 84.6 cm³/mol. The van der Waals surface area contributed by atoms with Gasteiger partial charge in [-0.25, -0.2) is 15.6 Å². The summed E-state index contributed by atoms with van der Waals surface area (Å²) in [5, 5.41) is 12.6. The summed E-state index contributed by atoms with van der Waals surface area (Å²) in [6.45, 7) is 3.73. The molecule has 1 heterocycles. The van der Waals surface area contributed by atoms with Crippen molar-refractivity contribution < 1.29 is 19.4 Å². The molecule has 0 fully saturated rings. The number of ether oxygens (including phenoxy) is 2. The topological polar surface area (TPSA) is 118 Å². The van der Waals surface area contributed by atoms with Crippen LogP contribution in [0.1, 0.15) is 25.5 Å². The zero-order valence-corrected chi connectivity index (χ0v) is 13.2. The van der Waals surface area contributed by atoms with Gasteiger partial charge in [0.05, 0.1) is 19.3 Å². The number of aromatic hydroxyl groups is 1. The number of rotatable bonds is 4. The molecule has 2 rings (SSSR count). The van der Waals surface area contributed by atoms with Crippen molar-refractivity contribution in [3.63, 3.8) is 0 Å². The number of hydrogen-bond acceptors (Lipinski definition) is 8. The number of hydrazine groups is 1. The monoisotopic (exact) mass is 320 g/mol. The molecule has 23 heavy (non-hydrogen) atoms. The molecule has 0 bridgehead atoms. The summed E-state index contributed by atoms with van der Waals surface area (Å²) in [6, 6.07) is 4.14. The maximum absolute atomic E-state index is 12.3. The van der Waals surface area contributed by atoms with Crippen LogP contribution in [0.4, 0.5) is 0 Å². The molecule has 0 aliphatic carbocycles. The van der Waals surface area contributed by atoms with Crippen LogP contribution in [0, 0.1) is 0 Å². The minimum Gasteiger partial charge on any atom is -0.504 e. The summed E-state index contributed by atoms with van der Waals surface area (Å²) in [4.78, 5) is 16.7. The van der Waals surface area contributed by atoms with E-state index >= 15 is 0 Å². The van der Waals surface area contributed by atoms with E-state index in [9.17, 15) is 9.90 Å². The Hall–Kier alpha value is -2.74. The molecule has 1 aliphatic rings. The first-order valence-corrected chi connectivity index (χ1v) is 7.08. The molecule has 1 aliphatic heterocycles. The van der Waals surface area contributed by atoms with Crippen molar-refractivity contribution in [3.8, 4) is 11.5 Å². The van der Waals surface area contributed by atoms with Crippen molar-refractivity contribution in [2.75, 3.05) is 13.7 Å². The molecule has 0 aromatic heterocycles. The highest BCUT2D eigenvalue weighted by molar-refractivity contribution is 5.95. The van der Waals surface area contributed by atoms with Crippen LogP contribution < -0.4 is 21.3 Å². The Labute approximate surface area is 134 Å². The third-order valence-electron chi connectivity index (χ3n) is 3.39. The number of nitrogens with zero attached hydrogens (tertiary/aromatic N) is 1. The lowest BCUT2D eigenvalue weighted by molar-refractivity contribution is -0.138. The summed E-state index contributed by atoms with van der Waals surface area (Å²) in [5.74, 6) is 5.58. The van der Waals surface area contributed by atoms with Gasteiger partial charge in [0.1, 0.15) is 6.04 Å². The van der Waals surface area contributed by atoms with Crippen LogP contribution in [-0.2, 0) is 9.53 Å². The van der Waals surface area contributed by atoms with Crippen LogP contribution in [0.15, 0.2) is 34.5 Å². The van der Waals surface area contributed by atoms with Gasteiger partial charge in [-0.15, -0.1) is 0 Å². The minimum atomic E-state index is -0.629. The number of nitrogens with one attached hydrogen (secondary N) is 2. The first-order valence-electron chi connectivity index (χ1n) is 7.08. The SMILES string of the molecule is CCOC(=O)C1=C(C)NC(NN)=N[C@H]1c1ccc(O)c(OC)c1. The molecular weight excluding hydrogens is 300 g/mol. The number of allylic oxidation sites excluding steroid dienone is 1. The molecule has 0 saturated heterocycles. The fraction of sp³-hybridized carbons (Fsp3) is 0.333. The Kier molecular flexibility index (Phi) is 5.07. The van der Waals surface area contributed by atoms with E-state index in [1.165, 1.54) is 13.2 Å². The average molecular weight is 320 g/mol. The van der Waals surface area contributed by atoms with E-state index < -0.39 is 12.0 Å². The van der Waals surface area contributed by atoms with Crippen LogP contribution in [0.3, 0.4) is 0 Å². The van der Waals surface area contributed by atoms with Gasteiger partial charge in [0, 0.05) is 5.70 Å². The van der Waals surface area contributed by atoms with E-state index in [0.717, 1.165) is 0 Å². The average Bonchev–Trinajstić information content (AvgIpc) is 2.54. The van der Waals surface area contributed by atoms with Gasteiger partial charge in [-0.2, -0.15) is 0 Å². The van der Waals surface area contributed by atoms with Gasteiger partial charge in [0.15, 0.2) is 11.5 Å². The summed E-state index contributed by atoms with van der Waals surface area (Å²) in [5.41, 5.74) is 4.06. The Morgan fingerprint density at radius 3 is 2.87 bits per heavy atom. The Morgan fingerprint density at radius 2 is 2.26 bits per heavy atom. The predicted octanol–water partition coefficient (Wildman–Crippen LogP) is 0.702. The summed E-state index contributed by atoms with van der Waals surface area (Å²) in [7, 11) is 1.45. The molecule has 1 atom stereocenters. The highest BCUT2D eigenvalue weighted by Crippen LogP contribution is 2.35. The van der Waals surface area contributed by atoms with Crippen molar-refractivity contribution in [1.82, 2.24) is 10.7 Å². The second kappa shape index (κ2) is 7.01. The molecule has 0 radical (unpaired) electrons. The number of aliphatic imine (C=N–C) groups is 1. The number of esters is 1. The van der Waals surface area contributed by atoms with Gasteiger partial charge in [-0.1, -0.05) is 6.07 Å². The molecule has 0 saturated carbocycles. The van der Waals surface area contributed by atoms with Gasteiger partial charge in [-0.3, -0.25) is 5.43 Å². The van der Waals surface area contributed by atoms with E-state index in [4.69, 9.17) is 15.3 Å². The zero-order chi connectivity index (χ0) is 17.0. The molecular formula is C15H20N4O4. The van der Waals surface area contributed by atoms with Gasteiger partial charge >= 0.3 is 5.97 Å². The second-order valence-corrected chi connectivity index (χ2v) is 4.84. The molecule has 0 amide bonds. The summed E-state index contributed by atoms with van der Waals surface area (Å²) in [6.07, 6.45) is 0. The molecule has 0 spiro atoms. The highest BCUT2D eigenvalue weighted by atomic mass is 16.5. The van der Waals surface area contributed by atoms with Crippen molar-refractivity contribution in [2.45, 2.75) is 19.9 Å². The highest BCUT2D eigenvalue weighted by Gasteiger charge is 2.30. The Bertz CT molecular complexity index is 669. The third kappa shape index (κ3) is 3.37. The van der Waals surface area contributed by atoms with Crippen LogP contribution in [-0.4, -0.2) is 30.8 Å². The fourth-order valence-corrected chi connectivity index (χ4v) is 2.33. The van der Waals surface area contributed by atoms with Crippen LogP contribution >= 0.6 is 0 Å². The first kappa shape index (κ1) is 16.6. The maximum atomic E-state index is 12.3. The van der Waals surface area contributed by atoms with Gasteiger partial charge < -0.3 is 19.9 Å². The van der Waals surface area contributed by atoms with Crippen molar-refractivity contribution >= 4 is 11.9 Å². The zero-order valence-electron chi connectivity index (χ0n) is 13.2. The molecule has 124 valence electrons. The minimum absolute atomic E-state index is 0.00437. The lowest BCUT2D eigenvalue weighted by atomic mass is 9.96. The smallest absolute Gasteiger partial charge is 0.338 e. The van der Waals surface area contributed by atoms with Crippen molar-refractivity contribution in [2.24, 2.45) is 10.8 Å². The molecule has 5 N–H and O–H groups in total. The summed E-state index contributed by atoms with van der Waals surface area (Å²) < 4.78 is 10.2. The number of carbonyl (C=O) groups excluding carboxylic acids is 1. The maximum Gasteiger partial charge on any atom is 0.338 e. The molecule has 8 heteroatoms. The normalized spacial score (nSPS) is 17.2. The number of carbonyl (C=O) groups is 1. The molecule has 0 unspecified atom stereocenters. The quantitative estimate of drug-likeness (QED) is 0.366. The number of guanidine groups is 1. The fourth-order valence-electron chi connectivity index (χ4n) is 2.33. The lowest BCUT2D eigenvalue weighted by Crippen LogP contribution is -2.44. The van der Waals surface area contributed by atoms with Crippen LogP contribution in [0.25, 0.3) is 0 Å². The largest absolute Gasteiger partial charge is 0.504 e. The van der Waals surface area contributed by atoms with Crippen molar-refractivity contribution in [3.05, 3.63) is 35.0 Å². The third-order valence-corrected chi connectivity index (χ3v) is 3.39. The van der Waals surface area contributed by atoms with E-state index in [1.54, 1.807) is 26.0 Å². The van der Waals surface area contributed by atoms with E-state index in [0.29, 0.717) is 28.5 Å². The number of methoxy groups -OCH3 is 1. The van der Waals surface area contributed by atoms with Gasteiger partial charge in [0.25, 0.3) is 0 Å². The standard InChI is InChI=1S/C15H20N4O4/c1-4-23-14(21)12-8(2)17-15(19-16)18-13(12)9-5-6-10(20)11(7-9)22-3/h5-7,13,20H,4,16H2,1-3H3,(H2,17,18,19)/t13-/m0/s1. The van der Waals surface area contributed by atoms with E-state index in [-0.39, 0.29) is 12.4 Å². The lowest BCUT2D eigenvalue weighted by Gasteiger charge is -2.25. The van der Waals surface area contributed by atoms with Gasteiger partial charge in [0.2, 0.25) is 5.96 Å². The van der Waals surface area contributed by atoms with E-state index in [2.05, 4.69) is 15.7 Å². The Balaban J connectivity index is 2.51. The molecule has 8 nitrogen and oxygen atoms in total. The second-order valence-electron chi connectivity index (χ2n) is 4.84.